The van der Waals surface area contributed by atoms with E-state index in [1.54, 1.807) is 6.07 Å². The van der Waals surface area contributed by atoms with Crippen molar-refractivity contribution >= 4 is 17.5 Å². The average molecular weight is 856 g/mol. The molecule has 0 heterocycles. The Hall–Kier alpha value is -3.85. The highest BCUT2D eigenvalue weighted by atomic mass is 35.5. The van der Waals surface area contributed by atoms with Crippen LogP contribution in [0.15, 0.2) is 103 Å². The molecule has 4 saturated carbocycles. The van der Waals surface area contributed by atoms with Crippen LogP contribution in [-0.2, 0) is 28.7 Å². The Kier molecular flexibility index (Phi) is 14.8. The quantitative estimate of drug-likeness (QED) is 0.108. The van der Waals surface area contributed by atoms with Gasteiger partial charge in [0.05, 0.1) is 36.3 Å². The van der Waals surface area contributed by atoms with Gasteiger partial charge in [0.1, 0.15) is 5.75 Å². The summed E-state index contributed by atoms with van der Waals surface area (Å²) in [5.74, 6) is 6.36. The Bertz CT molecular complexity index is 1970. The molecule has 0 aromatic heterocycles. The number of fused-ring (bicyclic) bond motifs is 5. The highest BCUT2D eigenvalue weighted by molar-refractivity contribution is 6.32. The van der Waals surface area contributed by atoms with E-state index in [0.29, 0.717) is 56.7 Å². The molecule has 1 N–H and O–H groups in total. The smallest absolute Gasteiger partial charge is 0.417 e. The second-order valence-corrected chi connectivity index (χ2v) is 18.7. The fraction of sp³-hybridized carbons (Fsp3) is 0.519. The molecule has 0 bridgehead atoms. The molecule has 61 heavy (non-hydrogen) atoms. The Morgan fingerprint density at radius 3 is 2.18 bits per heavy atom. The van der Waals surface area contributed by atoms with Crippen molar-refractivity contribution in [2.45, 2.75) is 102 Å². The lowest BCUT2D eigenvalue weighted by atomic mass is 9.53. The summed E-state index contributed by atoms with van der Waals surface area (Å²) >= 11 is 6.41. The first-order chi connectivity index (χ1) is 29.7. The number of hydrogen-bond donors (Lipinski definition) is 1. The zero-order valence-electron chi connectivity index (χ0n) is 35.3. The minimum absolute atomic E-state index is 0.0111. The van der Waals surface area contributed by atoms with Gasteiger partial charge < -0.3 is 14.8 Å². The lowest BCUT2D eigenvalue weighted by Crippen LogP contribution is -2.45. The fourth-order valence-corrected chi connectivity index (χ4v) is 12.2. The van der Waals surface area contributed by atoms with Gasteiger partial charge in [-0.25, -0.2) is 0 Å². The first kappa shape index (κ1) is 43.8. The molecule has 5 nitrogen and oxygen atoms in total. The maximum atomic E-state index is 13.8. The van der Waals surface area contributed by atoms with Crippen molar-refractivity contribution in [2.75, 3.05) is 32.8 Å². The van der Waals surface area contributed by atoms with Crippen LogP contribution in [0.3, 0.4) is 0 Å². The second kappa shape index (κ2) is 20.6. The maximum absolute atomic E-state index is 13.8. The number of benzene rings is 4. The summed E-state index contributed by atoms with van der Waals surface area (Å²) in [5, 5.41) is 2.80. The van der Waals surface area contributed by atoms with Gasteiger partial charge in [0.25, 0.3) is 0 Å². The number of amides is 1. The molecular weight excluding hydrogens is 793 g/mol. The zero-order valence-corrected chi connectivity index (χ0v) is 36.1. The lowest BCUT2D eigenvalue weighted by molar-refractivity contribution is -0.137. The molecular formula is C52H62ClF3N2O3. The molecule has 0 radical (unpaired) electrons. The number of alkyl halides is 3. The van der Waals surface area contributed by atoms with Crippen LogP contribution in [-0.4, -0.2) is 49.8 Å². The van der Waals surface area contributed by atoms with Crippen LogP contribution in [0.1, 0.15) is 104 Å². The van der Waals surface area contributed by atoms with Gasteiger partial charge in [0.15, 0.2) is 0 Å². The van der Waals surface area contributed by atoms with Gasteiger partial charge in [-0.3, -0.25) is 9.69 Å². The monoisotopic (exact) mass is 854 g/mol. The molecule has 326 valence electrons. The van der Waals surface area contributed by atoms with E-state index in [9.17, 15) is 18.0 Å². The summed E-state index contributed by atoms with van der Waals surface area (Å²) in [7, 11) is 0. The van der Waals surface area contributed by atoms with Crippen LogP contribution in [0.2, 0.25) is 5.02 Å². The molecule has 9 heteroatoms. The van der Waals surface area contributed by atoms with Gasteiger partial charge in [0.2, 0.25) is 5.91 Å². The molecule has 4 fully saturated rings. The third-order valence-corrected chi connectivity index (χ3v) is 15.1. The van der Waals surface area contributed by atoms with Crippen molar-refractivity contribution in [3.63, 3.8) is 0 Å². The van der Waals surface area contributed by atoms with Crippen molar-refractivity contribution in [1.82, 2.24) is 10.2 Å². The van der Waals surface area contributed by atoms with Gasteiger partial charge >= 0.3 is 6.18 Å². The molecule has 4 aliphatic rings. The summed E-state index contributed by atoms with van der Waals surface area (Å²) in [6, 6.07) is 32.1. The highest BCUT2D eigenvalue weighted by Gasteiger charge is 2.49. The van der Waals surface area contributed by atoms with Crippen LogP contribution >= 0.6 is 11.6 Å². The summed E-state index contributed by atoms with van der Waals surface area (Å²) in [6.45, 7) is 2.83. The number of nitrogens with one attached hydrogen (secondary N) is 1. The largest absolute Gasteiger partial charge is 0.494 e. The van der Waals surface area contributed by atoms with E-state index in [1.165, 1.54) is 63.9 Å². The molecule has 4 aromatic carbocycles. The lowest BCUT2D eigenvalue weighted by Gasteiger charge is -2.52. The third-order valence-electron chi connectivity index (χ3n) is 14.7. The highest BCUT2D eigenvalue weighted by Crippen LogP contribution is 2.58. The first-order valence-corrected chi connectivity index (χ1v) is 23.3. The summed E-state index contributed by atoms with van der Waals surface area (Å²) in [6.07, 6.45) is 10.5. The normalized spacial score (nSPS) is 24.9. The van der Waals surface area contributed by atoms with E-state index in [4.69, 9.17) is 21.1 Å². The van der Waals surface area contributed by atoms with Gasteiger partial charge in [-0.15, -0.1) is 0 Å². The molecule has 4 aliphatic carbocycles. The number of nitrogens with zero attached hydrogens (tertiary/aromatic N) is 1. The molecule has 0 saturated heterocycles. The fourth-order valence-electron chi connectivity index (χ4n) is 11.9. The summed E-state index contributed by atoms with van der Waals surface area (Å²) in [4.78, 5) is 15.1. The van der Waals surface area contributed by atoms with E-state index >= 15 is 0 Å². The predicted molar refractivity (Wildman–Crippen MR) is 237 cm³/mol. The van der Waals surface area contributed by atoms with E-state index in [0.717, 1.165) is 64.7 Å². The SMILES string of the molecule is O=C(Cc1cccc(OCCCN(Cc2cccc(C(F)(F)F)c2Cl)CC(c2ccccc2)c2ccccc2)c1)NCCOC1CCC2C(CCC3C4CCCC4CCC23)C1. The standard InChI is InChI=1S/C52H62ClF3N2O3/c53-51-41(17-9-20-49(51)52(54,55)56)34-58(35-48(37-12-3-1-4-13-37)38-14-5-2-6-15-38)28-10-29-60-42-18-7-11-36(31-42)32-50(59)57-27-30-61-43-23-26-45-40(33-43)22-25-46-44-19-8-16-39(44)21-24-47(45)46/h1-7,9,11-15,17-18,20,31,39-40,43-48H,8,10,16,19,21-30,32-35H2,(H,57,59). The minimum Gasteiger partial charge on any atom is -0.494 e. The number of carbonyl (C=O) groups excluding carboxylic acids is 1. The van der Waals surface area contributed by atoms with Crippen LogP contribution in [0, 0.1) is 35.5 Å². The van der Waals surface area contributed by atoms with Gasteiger partial charge in [-0.05, 0) is 134 Å². The van der Waals surface area contributed by atoms with E-state index in [-0.39, 0.29) is 29.8 Å². The molecule has 0 spiro atoms. The minimum atomic E-state index is -4.54. The van der Waals surface area contributed by atoms with Crippen molar-refractivity contribution in [3.05, 3.63) is 136 Å². The zero-order chi connectivity index (χ0) is 42.2. The Morgan fingerprint density at radius 1 is 0.754 bits per heavy atom. The molecule has 4 aromatic rings. The second-order valence-electron chi connectivity index (χ2n) is 18.3. The van der Waals surface area contributed by atoms with Crippen molar-refractivity contribution in [2.24, 2.45) is 35.5 Å². The predicted octanol–water partition coefficient (Wildman–Crippen LogP) is 12.2. The van der Waals surface area contributed by atoms with Crippen molar-refractivity contribution in [3.8, 4) is 5.75 Å². The van der Waals surface area contributed by atoms with Crippen LogP contribution in [0.5, 0.6) is 5.75 Å². The number of carbonyl (C=O) groups is 1. The number of ether oxygens (including phenoxy) is 2. The number of halogens is 4. The van der Waals surface area contributed by atoms with Crippen LogP contribution in [0.25, 0.3) is 0 Å². The van der Waals surface area contributed by atoms with Crippen LogP contribution in [0.4, 0.5) is 13.2 Å². The Morgan fingerprint density at radius 2 is 1.44 bits per heavy atom. The Balaban J connectivity index is 0.803. The van der Waals surface area contributed by atoms with Gasteiger partial charge in [0, 0.05) is 32.1 Å². The van der Waals surface area contributed by atoms with E-state index in [1.807, 2.05) is 60.7 Å². The van der Waals surface area contributed by atoms with Crippen LogP contribution < -0.4 is 10.1 Å². The molecule has 0 aliphatic heterocycles. The molecule has 8 rings (SSSR count). The average Bonchev–Trinajstić information content (AvgIpc) is 3.76. The maximum Gasteiger partial charge on any atom is 0.417 e. The van der Waals surface area contributed by atoms with E-state index < -0.39 is 11.7 Å². The topological polar surface area (TPSA) is 50.8 Å². The van der Waals surface area contributed by atoms with Crippen molar-refractivity contribution in [1.29, 1.82) is 0 Å². The Labute approximate surface area is 365 Å². The first-order valence-electron chi connectivity index (χ1n) is 23.0. The molecule has 7 unspecified atom stereocenters. The van der Waals surface area contributed by atoms with Gasteiger partial charge in [-0.1, -0.05) is 109 Å². The number of rotatable bonds is 17. The third kappa shape index (κ3) is 11.2. The molecule has 7 atom stereocenters. The molecule has 1 amide bonds. The number of hydrogen-bond acceptors (Lipinski definition) is 4. The van der Waals surface area contributed by atoms with Gasteiger partial charge in [-0.2, -0.15) is 13.2 Å². The summed E-state index contributed by atoms with van der Waals surface area (Å²) < 4.78 is 54.0. The van der Waals surface area contributed by atoms with Crippen molar-refractivity contribution < 1.29 is 27.4 Å². The van der Waals surface area contributed by atoms with E-state index in [2.05, 4.69) is 34.5 Å². The summed E-state index contributed by atoms with van der Waals surface area (Å²) in [5.41, 5.74) is 2.72.